The first kappa shape index (κ1) is 9.99. The van der Waals surface area contributed by atoms with Crippen LogP contribution >= 0.6 is 22.6 Å². The van der Waals surface area contributed by atoms with Crippen molar-refractivity contribution in [3.63, 3.8) is 0 Å². The second-order valence-electron chi connectivity index (χ2n) is 2.52. The number of rotatable bonds is 1. The molecule has 4 heteroatoms. The molecule has 0 unspecified atom stereocenters. The fourth-order valence-electron chi connectivity index (χ4n) is 1.00. The summed E-state index contributed by atoms with van der Waals surface area (Å²) < 4.78 is 0.708. The predicted molar refractivity (Wildman–Crippen MR) is 55.6 cm³/mol. The van der Waals surface area contributed by atoms with Crippen molar-refractivity contribution in [1.82, 2.24) is 0 Å². The van der Waals surface area contributed by atoms with Crippen molar-refractivity contribution in [2.24, 2.45) is 0 Å². The van der Waals surface area contributed by atoms with Crippen LogP contribution in [-0.2, 0) is 0 Å². The van der Waals surface area contributed by atoms with E-state index in [-0.39, 0.29) is 5.56 Å². The van der Waals surface area contributed by atoms with Gasteiger partial charge >= 0.3 is 5.97 Å². The van der Waals surface area contributed by atoms with Crippen LogP contribution in [0.25, 0.3) is 0 Å². The molecule has 1 rings (SSSR count). The zero-order valence-corrected chi connectivity index (χ0v) is 8.99. The summed E-state index contributed by atoms with van der Waals surface area (Å²) in [6, 6.07) is 4.98. The lowest BCUT2D eigenvalue weighted by atomic mass is 10.1. The summed E-state index contributed by atoms with van der Waals surface area (Å²) in [5, 5.41) is 17.4. The Bertz CT molecular complexity index is 407. The molecule has 0 spiro atoms. The standard InChI is InChI=1S/C9H6INO2/c1-5-7(9(12)13)3-2-6(4-11)8(5)10/h2-3H,1H3,(H,12,13). The predicted octanol–water partition coefficient (Wildman–Crippen LogP) is 2.17. The fraction of sp³-hybridized carbons (Fsp3) is 0.111. The lowest BCUT2D eigenvalue weighted by Gasteiger charge is -2.03. The van der Waals surface area contributed by atoms with Crippen LogP contribution in [0.3, 0.4) is 0 Å². The summed E-state index contributed by atoms with van der Waals surface area (Å²) in [6.45, 7) is 1.70. The van der Waals surface area contributed by atoms with Gasteiger partial charge < -0.3 is 5.11 Å². The Morgan fingerprint density at radius 3 is 2.69 bits per heavy atom. The maximum Gasteiger partial charge on any atom is 0.335 e. The summed E-state index contributed by atoms with van der Waals surface area (Å²) in [5.41, 5.74) is 1.42. The molecule has 0 heterocycles. The van der Waals surface area contributed by atoms with Gasteiger partial charge in [-0.05, 0) is 47.2 Å². The number of halogens is 1. The Balaban J connectivity index is 3.42. The van der Waals surface area contributed by atoms with E-state index in [0.717, 1.165) is 0 Å². The first-order valence-corrected chi connectivity index (χ1v) is 4.58. The average Bonchev–Trinajstić information content (AvgIpc) is 2.09. The van der Waals surface area contributed by atoms with Gasteiger partial charge in [0.2, 0.25) is 0 Å². The Morgan fingerprint density at radius 1 is 1.62 bits per heavy atom. The average molecular weight is 287 g/mol. The van der Waals surface area contributed by atoms with Crippen molar-refractivity contribution in [2.75, 3.05) is 0 Å². The Hall–Kier alpha value is -1.09. The van der Waals surface area contributed by atoms with Gasteiger partial charge in [-0.1, -0.05) is 0 Å². The molecule has 0 aliphatic carbocycles. The van der Waals surface area contributed by atoms with Crippen molar-refractivity contribution in [3.05, 3.63) is 32.4 Å². The molecule has 0 fully saturated rings. The van der Waals surface area contributed by atoms with Gasteiger partial charge in [0, 0.05) is 3.57 Å². The zero-order chi connectivity index (χ0) is 10.0. The van der Waals surface area contributed by atoms with Crippen LogP contribution < -0.4 is 0 Å². The van der Waals surface area contributed by atoms with Gasteiger partial charge in [0.15, 0.2) is 0 Å². The Morgan fingerprint density at radius 2 is 2.23 bits per heavy atom. The lowest BCUT2D eigenvalue weighted by Crippen LogP contribution is -2.02. The van der Waals surface area contributed by atoms with E-state index >= 15 is 0 Å². The van der Waals surface area contributed by atoms with Crippen LogP contribution in [0.5, 0.6) is 0 Å². The summed E-state index contributed by atoms with van der Waals surface area (Å²) in [6.07, 6.45) is 0. The number of nitrogens with zero attached hydrogens (tertiary/aromatic N) is 1. The second kappa shape index (κ2) is 3.75. The van der Waals surface area contributed by atoms with E-state index in [4.69, 9.17) is 10.4 Å². The summed E-state index contributed by atoms with van der Waals surface area (Å²) >= 11 is 1.98. The molecule has 1 aromatic rings. The third-order valence-corrected chi connectivity index (χ3v) is 3.13. The van der Waals surface area contributed by atoms with Crippen LogP contribution in [0.4, 0.5) is 0 Å². The minimum atomic E-state index is -0.958. The van der Waals surface area contributed by atoms with Crippen LogP contribution in [0.15, 0.2) is 12.1 Å². The molecule has 13 heavy (non-hydrogen) atoms. The molecule has 1 N–H and O–H groups in total. The van der Waals surface area contributed by atoms with E-state index in [2.05, 4.69) is 0 Å². The zero-order valence-electron chi connectivity index (χ0n) is 6.84. The number of aromatic carboxylic acids is 1. The number of hydrogen-bond acceptors (Lipinski definition) is 2. The lowest BCUT2D eigenvalue weighted by molar-refractivity contribution is 0.0696. The normalized spacial score (nSPS) is 9.31. The molecular weight excluding hydrogens is 281 g/mol. The Labute approximate surface area is 89.1 Å². The number of benzene rings is 1. The van der Waals surface area contributed by atoms with E-state index in [1.54, 1.807) is 6.92 Å². The van der Waals surface area contributed by atoms with E-state index < -0.39 is 5.97 Å². The van der Waals surface area contributed by atoms with Gasteiger partial charge in [-0.15, -0.1) is 0 Å². The second-order valence-corrected chi connectivity index (χ2v) is 3.60. The molecule has 1 aromatic carbocycles. The van der Waals surface area contributed by atoms with Gasteiger partial charge in [0.05, 0.1) is 11.1 Å². The highest BCUT2D eigenvalue weighted by Gasteiger charge is 2.11. The molecule has 0 radical (unpaired) electrons. The maximum atomic E-state index is 10.7. The van der Waals surface area contributed by atoms with Crippen molar-refractivity contribution in [3.8, 4) is 6.07 Å². The van der Waals surface area contributed by atoms with Crippen molar-refractivity contribution in [1.29, 1.82) is 5.26 Å². The summed E-state index contributed by atoms with van der Waals surface area (Å²) in [4.78, 5) is 10.7. The highest BCUT2D eigenvalue weighted by atomic mass is 127. The SMILES string of the molecule is Cc1c(C(=O)O)ccc(C#N)c1I. The van der Waals surface area contributed by atoms with Crippen molar-refractivity contribution >= 4 is 28.6 Å². The van der Waals surface area contributed by atoms with Crippen molar-refractivity contribution in [2.45, 2.75) is 6.92 Å². The molecule has 0 atom stereocenters. The van der Waals surface area contributed by atoms with E-state index in [0.29, 0.717) is 14.7 Å². The van der Waals surface area contributed by atoms with Crippen LogP contribution in [0, 0.1) is 21.8 Å². The fourth-order valence-corrected chi connectivity index (χ4v) is 1.59. The molecule has 0 bridgehead atoms. The highest BCUT2D eigenvalue weighted by Crippen LogP contribution is 2.19. The maximum absolute atomic E-state index is 10.7. The van der Waals surface area contributed by atoms with Gasteiger partial charge in [-0.2, -0.15) is 5.26 Å². The highest BCUT2D eigenvalue weighted by molar-refractivity contribution is 14.1. The third kappa shape index (κ3) is 1.80. The molecule has 0 aliphatic heterocycles. The van der Waals surface area contributed by atoms with E-state index in [9.17, 15) is 4.79 Å². The van der Waals surface area contributed by atoms with E-state index in [1.807, 2.05) is 28.7 Å². The molecular formula is C9H6INO2. The van der Waals surface area contributed by atoms with Crippen LogP contribution in [-0.4, -0.2) is 11.1 Å². The first-order chi connectivity index (χ1) is 6.07. The van der Waals surface area contributed by atoms with Gasteiger partial charge in [0.25, 0.3) is 0 Å². The summed E-state index contributed by atoms with van der Waals surface area (Å²) in [5.74, 6) is -0.958. The van der Waals surface area contributed by atoms with Crippen molar-refractivity contribution < 1.29 is 9.90 Å². The van der Waals surface area contributed by atoms with Gasteiger partial charge in [-0.25, -0.2) is 4.79 Å². The molecule has 3 nitrogen and oxygen atoms in total. The van der Waals surface area contributed by atoms with E-state index in [1.165, 1.54) is 12.1 Å². The first-order valence-electron chi connectivity index (χ1n) is 3.50. The Kier molecular flexibility index (Phi) is 2.88. The van der Waals surface area contributed by atoms with Gasteiger partial charge in [0.1, 0.15) is 6.07 Å². The molecule has 0 aromatic heterocycles. The molecule has 0 saturated carbocycles. The number of carboxylic acid groups (broad SMARTS) is 1. The largest absolute Gasteiger partial charge is 0.478 e. The van der Waals surface area contributed by atoms with Crippen LogP contribution in [0.1, 0.15) is 21.5 Å². The third-order valence-electron chi connectivity index (χ3n) is 1.74. The molecule has 0 amide bonds. The minimum Gasteiger partial charge on any atom is -0.478 e. The number of nitriles is 1. The van der Waals surface area contributed by atoms with Gasteiger partial charge in [-0.3, -0.25) is 0 Å². The topological polar surface area (TPSA) is 61.1 Å². The minimum absolute atomic E-state index is 0.253. The van der Waals surface area contributed by atoms with Crippen LogP contribution in [0.2, 0.25) is 0 Å². The smallest absolute Gasteiger partial charge is 0.335 e. The quantitative estimate of drug-likeness (QED) is 0.805. The number of carboxylic acids is 1. The molecule has 0 saturated heterocycles. The number of carbonyl (C=O) groups is 1. The monoisotopic (exact) mass is 287 g/mol. The number of hydrogen-bond donors (Lipinski definition) is 1. The molecule has 66 valence electrons. The molecule has 0 aliphatic rings. The summed E-state index contributed by atoms with van der Waals surface area (Å²) in [7, 11) is 0.